The van der Waals surface area contributed by atoms with Gasteiger partial charge in [0.1, 0.15) is 12.4 Å². The molecule has 7 nitrogen and oxygen atoms in total. The molecule has 1 aliphatic heterocycles. The summed E-state index contributed by atoms with van der Waals surface area (Å²) in [5.41, 5.74) is 2.60. The summed E-state index contributed by atoms with van der Waals surface area (Å²) in [6, 6.07) is 15.8. The number of ether oxygens (including phenoxy) is 1. The van der Waals surface area contributed by atoms with Gasteiger partial charge in [-0.25, -0.2) is 0 Å². The van der Waals surface area contributed by atoms with Crippen molar-refractivity contribution < 1.29 is 9.53 Å². The van der Waals surface area contributed by atoms with Crippen LogP contribution >= 0.6 is 23.4 Å². The quantitative estimate of drug-likeness (QED) is 0.452. The largest absolute Gasteiger partial charge is 0.486 e. The molecule has 3 aromatic rings. The van der Waals surface area contributed by atoms with E-state index in [-0.39, 0.29) is 5.91 Å². The highest BCUT2D eigenvalue weighted by Crippen LogP contribution is 2.20. The van der Waals surface area contributed by atoms with Crippen molar-refractivity contribution in [2.45, 2.75) is 25.2 Å². The van der Waals surface area contributed by atoms with Crippen LogP contribution in [0, 0.1) is 6.92 Å². The third-order valence-corrected chi connectivity index (χ3v) is 6.90. The molecule has 0 aliphatic carbocycles. The second-order valence-electron chi connectivity index (χ2n) is 8.14. The maximum absolute atomic E-state index is 12.7. The van der Waals surface area contributed by atoms with E-state index in [2.05, 4.69) is 46.3 Å². The number of thioether (sulfide) groups is 1. The molecule has 0 N–H and O–H groups in total. The molecule has 174 valence electrons. The van der Waals surface area contributed by atoms with Crippen molar-refractivity contribution in [1.82, 2.24) is 24.6 Å². The van der Waals surface area contributed by atoms with Gasteiger partial charge in [0.25, 0.3) is 0 Å². The highest BCUT2D eigenvalue weighted by molar-refractivity contribution is 7.99. The van der Waals surface area contributed by atoms with Crippen LogP contribution in [0.2, 0.25) is 5.02 Å². The van der Waals surface area contributed by atoms with E-state index < -0.39 is 0 Å². The minimum Gasteiger partial charge on any atom is -0.486 e. The maximum Gasteiger partial charge on any atom is 0.233 e. The molecule has 0 spiro atoms. The van der Waals surface area contributed by atoms with Crippen LogP contribution in [0.4, 0.5) is 0 Å². The maximum atomic E-state index is 12.7. The highest BCUT2D eigenvalue weighted by atomic mass is 35.5. The van der Waals surface area contributed by atoms with E-state index in [4.69, 9.17) is 16.3 Å². The lowest BCUT2D eigenvalue weighted by atomic mass is 10.1. The van der Waals surface area contributed by atoms with Crippen LogP contribution < -0.4 is 4.74 Å². The van der Waals surface area contributed by atoms with Crippen molar-refractivity contribution >= 4 is 29.3 Å². The molecular weight excluding hydrogens is 458 g/mol. The topological polar surface area (TPSA) is 63.5 Å². The van der Waals surface area contributed by atoms with Crippen LogP contribution in [-0.4, -0.2) is 62.4 Å². The number of hydrogen-bond acceptors (Lipinski definition) is 6. The number of amides is 1. The second kappa shape index (κ2) is 11.0. The van der Waals surface area contributed by atoms with E-state index >= 15 is 0 Å². The Hall–Kier alpha value is -2.55. The van der Waals surface area contributed by atoms with Gasteiger partial charge in [-0.2, -0.15) is 0 Å². The molecule has 0 unspecified atom stereocenters. The zero-order chi connectivity index (χ0) is 23.2. The number of carbonyl (C=O) groups excluding carboxylic acids is 1. The number of aromatic nitrogens is 3. The fourth-order valence-electron chi connectivity index (χ4n) is 3.72. The molecule has 1 amide bonds. The number of aryl methyl sites for hydroxylation is 1. The summed E-state index contributed by atoms with van der Waals surface area (Å²) in [5.74, 6) is 1.90. The van der Waals surface area contributed by atoms with E-state index in [0.29, 0.717) is 34.1 Å². The van der Waals surface area contributed by atoms with Crippen molar-refractivity contribution in [1.29, 1.82) is 0 Å². The van der Waals surface area contributed by atoms with Gasteiger partial charge in [-0.1, -0.05) is 53.2 Å². The number of nitrogens with zero attached hydrogens (tertiary/aromatic N) is 5. The van der Waals surface area contributed by atoms with Gasteiger partial charge >= 0.3 is 0 Å². The molecule has 0 saturated carbocycles. The molecule has 4 rings (SSSR count). The summed E-state index contributed by atoms with van der Waals surface area (Å²) in [6.45, 7) is 6.63. The molecule has 0 bridgehead atoms. The second-order valence-corrected chi connectivity index (χ2v) is 9.51. The highest BCUT2D eigenvalue weighted by Gasteiger charge is 2.22. The van der Waals surface area contributed by atoms with Crippen molar-refractivity contribution in [3.63, 3.8) is 0 Å². The molecule has 2 aromatic carbocycles. The Bertz CT molecular complexity index is 1080. The number of hydrogen-bond donors (Lipinski definition) is 0. The average molecular weight is 486 g/mol. The average Bonchev–Trinajstić information content (AvgIpc) is 3.17. The van der Waals surface area contributed by atoms with Gasteiger partial charge in [0.15, 0.2) is 11.0 Å². The van der Waals surface area contributed by atoms with Crippen LogP contribution in [0.3, 0.4) is 0 Å². The number of halogens is 1. The number of benzene rings is 2. The lowest BCUT2D eigenvalue weighted by molar-refractivity contribution is -0.130. The van der Waals surface area contributed by atoms with Crippen molar-refractivity contribution in [2.24, 2.45) is 7.05 Å². The summed E-state index contributed by atoms with van der Waals surface area (Å²) in [6.07, 6.45) is 0. The third kappa shape index (κ3) is 6.50. The van der Waals surface area contributed by atoms with Crippen molar-refractivity contribution in [2.75, 3.05) is 31.9 Å². The minimum atomic E-state index is 0.136. The molecule has 1 aliphatic rings. The third-order valence-electron chi connectivity index (χ3n) is 5.65. The van der Waals surface area contributed by atoms with E-state index in [0.717, 1.165) is 32.7 Å². The molecule has 1 aromatic heterocycles. The Morgan fingerprint density at radius 1 is 1.09 bits per heavy atom. The zero-order valence-electron chi connectivity index (χ0n) is 18.9. The first-order valence-corrected chi connectivity index (χ1v) is 12.3. The molecule has 0 atom stereocenters. The van der Waals surface area contributed by atoms with Gasteiger partial charge in [-0.3, -0.25) is 9.69 Å². The SMILES string of the molecule is Cc1cccc(CN2CCN(C(=O)CSc3nnc(COc4ccc(Cl)cc4)n3C)CC2)c1. The Morgan fingerprint density at radius 2 is 1.85 bits per heavy atom. The number of carbonyl (C=O) groups is 1. The summed E-state index contributed by atoms with van der Waals surface area (Å²) in [4.78, 5) is 17.1. The van der Waals surface area contributed by atoms with E-state index in [9.17, 15) is 4.79 Å². The van der Waals surface area contributed by atoms with Gasteiger partial charge < -0.3 is 14.2 Å². The fourth-order valence-corrected chi connectivity index (χ4v) is 4.68. The molecule has 2 heterocycles. The van der Waals surface area contributed by atoms with Gasteiger partial charge in [-0.15, -0.1) is 10.2 Å². The van der Waals surface area contributed by atoms with Gasteiger partial charge in [0, 0.05) is 44.8 Å². The van der Waals surface area contributed by atoms with Crippen LogP contribution in [-0.2, 0) is 25.0 Å². The van der Waals surface area contributed by atoms with E-state index in [1.54, 1.807) is 12.1 Å². The molecule has 1 saturated heterocycles. The summed E-state index contributed by atoms with van der Waals surface area (Å²) >= 11 is 7.31. The van der Waals surface area contributed by atoms with Crippen LogP contribution in [0.1, 0.15) is 17.0 Å². The molecule has 9 heteroatoms. The predicted molar refractivity (Wildman–Crippen MR) is 131 cm³/mol. The molecule has 0 radical (unpaired) electrons. The standard InChI is InChI=1S/C24H28ClN5O2S/c1-18-4-3-5-19(14-18)15-29-10-12-30(13-11-29)23(31)17-33-24-27-26-22(28(24)2)16-32-21-8-6-20(25)7-9-21/h3-9,14H,10-13,15-17H2,1-2H3. The first kappa shape index (κ1) is 23.6. The Balaban J connectivity index is 1.22. The van der Waals surface area contributed by atoms with E-state index in [1.165, 1.54) is 22.9 Å². The van der Waals surface area contributed by atoms with E-state index in [1.807, 2.05) is 28.6 Å². The monoisotopic (exact) mass is 485 g/mol. The molecule has 1 fully saturated rings. The van der Waals surface area contributed by atoms with Crippen LogP contribution in [0.5, 0.6) is 5.75 Å². The smallest absolute Gasteiger partial charge is 0.233 e. The normalized spacial score (nSPS) is 14.5. The molecule has 33 heavy (non-hydrogen) atoms. The number of rotatable bonds is 8. The Labute approximate surface area is 203 Å². The predicted octanol–water partition coefficient (Wildman–Crippen LogP) is 3.79. The lowest BCUT2D eigenvalue weighted by Crippen LogP contribution is -2.48. The van der Waals surface area contributed by atoms with Crippen molar-refractivity contribution in [3.05, 3.63) is 70.5 Å². The first-order chi connectivity index (χ1) is 16.0. The fraction of sp³-hybridized carbons (Fsp3) is 0.375. The lowest BCUT2D eigenvalue weighted by Gasteiger charge is -2.34. The zero-order valence-corrected chi connectivity index (χ0v) is 20.5. The van der Waals surface area contributed by atoms with Gasteiger partial charge in [0.2, 0.25) is 5.91 Å². The van der Waals surface area contributed by atoms with Gasteiger partial charge in [-0.05, 0) is 36.8 Å². The molecular formula is C24H28ClN5O2S. The Kier molecular flexibility index (Phi) is 7.90. The van der Waals surface area contributed by atoms with Gasteiger partial charge in [0.05, 0.1) is 5.75 Å². The van der Waals surface area contributed by atoms with Crippen LogP contribution in [0.25, 0.3) is 0 Å². The Morgan fingerprint density at radius 3 is 2.58 bits per heavy atom. The van der Waals surface area contributed by atoms with Crippen LogP contribution in [0.15, 0.2) is 53.7 Å². The van der Waals surface area contributed by atoms with Crippen molar-refractivity contribution in [3.8, 4) is 5.75 Å². The summed E-state index contributed by atoms with van der Waals surface area (Å²) in [5, 5.41) is 9.79. The number of piperazine rings is 1. The first-order valence-electron chi connectivity index (χ1n) is 10.9. The minimum absolute atomic E-state index is 0.136. The summed E-state index contributed by atoms with van der Waals surface area (Å²) < 4.78 is 7.62. The summed E-state index contributed by atoms with van der Waals surface area (Å²) in [7, 11) is 1.89.